The lowest BCUT2D eigenvalue weighted by Crippen LogP contribution is -2.30. The highest BCUT2D eigenvalue weighted by molar-refractivity contribution is 5.92. The molecule has 2 rings (SSSR count). The number of hydrogen-bond donors (Lipinski definition) is 2. The molecule has 21 heavy (non-hydrogen) atoms. The van der Waals surface area contributed by atoms with Crippen molar-refractivity contribution in [2.75, 3.05) is 24.6 Å². The normalized spacial score (nSPS) is 10.6. The molecule has 1 aromatic carbocycles. The Morgan fingerprint density at radius 2 is 2.24 bits per heavy atom. The van der Waals surface area contributed by atoms with E-state index >= 15 is 0 Å². The van der Waals surface area contributed by atoms with E-state index in [0.717, 1.165) is 5.56 Å². The van der Waals surface area contributed by atoms with Gasteiger partial charge in [0, 0.05) is 24.6 Å². The van der Waals surface area contributed by atoms with E-state index in [4.69, 9.17) is 5.73 Å². The lowest BCUT2D eigenvalue weighted by Gasteiger charge is -2.16. The van der Waals surface area contributed by atoms with Crippen LogP contribution in [0.4, 0.5) is 15.8 Å². The van der Waals surface area contributed by atoms with Crippen molar-refractivity contribution in [3.05, 3.63) is 54.1 Å². The number of nitrogens with zero attached hydrogens (tertiary/aromatic N) is 2. The number of nitrogen functional groups attached to an aromatic ring is 1. The predicted molar refractivity (Wildman–Crippen MR) is 80.0 cm³/mol. The molecule has 0 saturated heterocycles. The minimum atomic E-state index is -0.507. The molecule has 0 unspecified atom stereocenters. The Bertz CT molecular complexity index is 618. The minimum Gasteiger partial charge on any atom is -0.399 e. The molecule has 2 aromatic rings. The number of likely N-dealkylation sites (N-methyl/N-ethyl adjacent to an activating group) is 1. The fraction of sp³-hybridized carbons (Fsp3) is 0.200. The molecule has 0 aliphatic rings. The molecule has 0 radical (unpaired) electrons. The summed E-state index contributed by atoms with van der Waals surface area (Å²) in [4.78, 5) is 17.7. The summed E-state index contributed by atoms with van der Waals surface area (Å²) in [6.45, 7) is 0.726. The Morgan fingerprint density at radius 3 is 2.95 bits per heavy atom. The maximum absolute atomic E-state index is 13.5. The van der Waals surface area contributed by atoms with Gasteiger partial charge in [-0.15, -0.1) is 0 Å². The highest BCUT2D eigenvalue weighted by Gasteiger charge is 2.10. The Morgan fingerprint density at radius 1 is 1.43 bits per heavy atom. The topological polar surface area (TPSA) is 71.2 Å². The molecular weight excluding hydrogens is 271 g/mol. The van der Waals surface area contributed by atoms with Crippen molar-refractivity contribution in [2.45, 2.75) is 6.54 Å². The molecule has 3 N–H and O–H groups in total. The average Bonchev–Trinajstić information content (AvgIpc) is 2.43. The molecule has 1 aromatic heterocycles. The van der Waals surface area contributed by atoms with Crippen molar-refractivity contribution in [1.82, 2.24) is 9.88 Å². The molecule has 0 saturated carbocycles. The van der Waals surface area contributed by atoms with Crippen LogP contribution in [0.2, 0.25) is 0 Å². The summed E-state index contributed by atoms with van der Waals surface area (Å²) in [5.74, 6) is -0.807. The van der Waals surface area contributed by atoms with Gasteiger partial charge in [-0.05, 0) is 36.9 Å². The van der Waals surface area contributed by atoms with Crippen molar-refractivity contribution in [1.29, 1.82) is 0 Å². The van der Waals surface area contributed by atoms with Crippen LogP contribution < -0.4 is 11.1 Å². The zero-order chi connectivity index (χ0) is 15.2. The molecule has 1 amide bonds. The first-order chi connectivity index (χ1) is 10.0. The van der Waals surface area contributed by atoms with Gasteiger partial charge in [0.25, 0.3) is 0 Å². The summed E-state index contributed by atoms with van der Waals surface area (Å²) in [7, 11) is 1.81. The molecule has 0 bridgehead atoms. The first kappa shape index (κ1) is 14.9. The van der Waals surface area contributed by atoms with E-state index in [9.17, 15) is 9.18 Å². The molecule has 6 heteroatoms. The van der Waals surface area contributed by atoms with Crippen LogP contribution in [0.3, 0.4) is 0 Å². The van der Waals surface area contributed by atoms with Gasteiger partial charge in [0.1, 0.15) is 5.82 Å². The lowest BCUT2D eigenvalue weighted by molar-refractivity contribution is -0.117. The van der Waals surface area contributed by atoms with E-state index in [1.807, 2.05) is 24.1 Å². The number of amides is 1. The molecule has 0 aliphatic heterocycles. The van der Waals surface area contributed by atoms with Crippen molar-refractivity contribution >= 4 is 17.3 Å². The Hall–Kier alpha value is -2.47. The van der Waals surface area contributed by atoms with Gasteiger partial charge in [-0.25, -0.2) is 4.39 Å². The predicted octanol–water partition coefficient (Wildman–Crippen LogP) is 1.87. The first-order valence-corrected chi connectivity index (χ1v) is 6.47. The van der Waals surface area contributed by atoms with E-state index in [1.54, 1.807) is 12.4 Å². The quantitative estimate of drug-likeness (QED) is 0.824. The number of pyridine rings is 1. The zero-order valence-corrected chi connectivity index (χ0v) is 11.7. The SMILES string of the molecule is CN(CC(=O)Nc1cc(N)ccc1F)Cc1cccnc1. The Labute approximate surface area is 122 Å². The first-order valence-electron chi connectivity index (χ1n) is 6.47. The Balaban J connectivity index is 1.91. The lowest BCUT2D eigenvalue weighted by atomic mass is 10.2. The van der Waals surface area contributed by atoms with E-state index < -0.39 is 5.82 Å². The minimum absolute atomic E-state index is 0.0924. The third-order valence-electron chi connectivity index (χ3n) is 2.85. The number of rotatable bonds is 5. The molecule has 1 heterocycles. The van der Waals surface area contributed by atoms with Gasteiger partial charge in [0.15, 0.2) is 0 Å². The van der Waals surface area contributed by atoms with Crippen molar-refractivity contribution in [3.8, 4) is 0 Å². The number of anilines is 2. The van der Waals surface area contributed by atoms with Gasteiger partial charge in [-0.3, -0.25) is 14.7 Å². The van der Waals surface area contributed by atoms with Gasteiger partial charge >= 0.3 is 0 Å². The summed E-state index contributed by atoms with van der Waals surface area (Å²) < 4.78 is 13.5. The maximum atomic E-state index is 13.5. The summed E-state index contributed by atoms with van der Waals surface area (Å²) in [6, 6.07) is 7.84. The smallest absolute Gasteiger partial charge is 0.238 e. The number of carbonyl (C=O) groups is 1. The Kier molecular flexibility index (Phi) is 4.84. The van der Waals surface area contributed by atoms with E-state index in [0.29, 0.717) is 12.2 Å². The average molecular weight is 288 g/mol. The van der Waals surface area contributed by atoms with E-state index in [-0.39, 0.29) is 18.1 Å². The van der Waals surface area contributed by atoms with Gasteiger partial charge in [0.05, 0.1) is 12.2 Å². The largest absolute Gasteiger partial charge is 0.399 e. The summed E-state index contributed by atoms with van der Waals surface area (Å²) in [6.07, 6.45) is 3.44. The second kappa shape index (κ2) is 6.81. The molecule has 5 nitrogen and oxygen atoms in total. The number of nitrogens with one attached hydrogen (secondary N) is 1. The number of carbonyl (C=O) groups excluding carboxylic acids is 1. The van der Waals surface area contributed by atoms with Gasteiger partial charge in [-0.2, -0.15) is 0 Å². The van der Waals surface area contributed by atoms with Crippen LogP contribution in [-0.4, -0.2) is 29.4 Å². The number of aromatic nitrogens is 1. The highest BCUT2D eigenvalue weighted by Crippen LogP contribution is 2.17. The van der Waals surface area contributed by atoms with Crippen molar-refractivity contribution in [3.63, 3.8) is 0 Å². The van der Waals surface area contributed by atoms with Crippen molar-refractivity contribution < 1.29 is 9.18 Å². The van der Waals surface area contributed by atoms with Crippen LogP contribution in [0, 0.1) is 5.82 Å². The number of nitrogens with two attached hydrogens (primary N) is 1. The summed E-state index contributed by atoms with van der Waals surface area (Å²) in [5, 5.41) is 2.52. The number of hydrogen-bond acceptors (Lipinski definition) is 4. The second-order valence-electron chi connectivity index (χ2n) is 4.82. The van der Waals surface area contributed by atoms with Crippen molar-refractivity contribution in [2.24, 2.45) is 0 Å². The molecule has 110 valence electrons. The third-order valence-corrected chi connectivity index (χ3v) is 2.85. The van der Waals surface area contributed by atoms with Crippen LogP contribution in [0.15, 0.2) is 42.7 Å². The van der Waals surface area contributed by atoms with Gasteiger partial charge < -0.3 is 11.1 Å². The standard InChI is InChI=1S/C15H17FN4O/c1-20(9-11-3-2-6-18-8-11)10-15(21)19-14-7-12(17)4-5-13(14)16/h2-8H,9-10,17H2,1H3,(H,19,21). The number of halogens is 1. The molecule has 0 atom stereocenters. The van der Waals surface area contributed by atoms with Crippen LogP contribution in [0.5, 0.6) is 0 Å². The number of benzene rings is 1. The molecule has 0 spiro atoms. The monoisotopic (exact) mass is 288 g/mol. The zero-order valence-electron chi connectivity index (χ0n) is 11.7. The third kappa shape index (κ3) is 4.54. The van der Waals surface area contributed by atoms with Crippen LogP contribution in [0.1, 0.15) is 5.56 Å². The molecule has 0 fully saturated rings. The summed E-state index contributed by atoms with van der Waals surface area (Å²) in [5.41, 5.74) is 7.06. The van der Waals surface area contributed by atoms with E-state index in [1.165, 1.54) is 18.2 Å². The molecule has 0 aliphatic carbocycles. The van der Waals surface area contributed by atoms with Gasteiger partial charge in [0.2, 0.25) is 5.91 Å². The fourth-order valence-electron chi connectivity index (χ4n) is 1.93. The molecular formula is C15H17FN4O. The van der Waals surface area contributed by atoms with Crippen LogP contribution in [-0.2, 0) is 11.3 Å². The maximum Gasteiger partial charge on any atom is 0.238 e. The highest BCUT2D eigenvalue weighted by atomic mass is 19.1. The van der Waals surface area contributed by atoms with Gasteiger partial charge in [-0.1, -0.05) is 6.07 Å². The van der Waals surface area contributed by atoms with Crippen LogP contribution >= 0.6 is 0 Å². The van der Waals surface area contributed by atoms with Crippen LogP contribution in [0.25, 0.3) is 0 Å². The second-order valence-corrected chi connectivity index (χ2v) is 4.82. The van der Waals surface area contributed by atoms with E-state index in [2.05, 4.69) is 10.3 Å². The summed E-state index contributed by atoms with van der Waals surface area (Å²) >= 11 is 0. The fourth-order valence-corrected chi connectivity index (χ4v) is 1.93.